The maximum atomic E-state index is 6.23. The minimum Gasteiger partial charge on any atom is -0.394 e. The van der Waals surface area contributed by atoms with Crippen molar-refractivity contribution < 1.29 is 0 Å². The number of nitrogens with zero attached hydrogens (tertiary/aromatic N) is 3. The smallest absolute Gasteiger partial charge is 0.153 e. The number of hydrogen-bond acceptors (Lipinski definition) is 6. The van der Waals surface area contributed by atoms with E-state index in [0.717, 1.165) is 28.8 Å². The molecule has 5 nitrogen and oxygen atoms in total. The zero-order chi connectivity index (χ0) is 15.9. The summed E-state index contributed by atoms with van der Waals surface area (Å²) in [4.78, 5) is 12.2. The summed E-state index contributed by atoms with van der Waals surface area (Å²) in [5, 5.41) is 4.15. The molecule has 0 saturated carbocycles. The SMILES string of the molecule is Nc1c(NCCN2CCCCC2)ncnc1Sc1ccccc1. The van der Waals surface area contributed by atoms with Crippen LogP contribution in [-0.2, 0) is 0 Å². The number of anilines is 2. The number of benzene rings is 1. The average molecular weight is 329 g/mol. The van der Waals surface area contributed by atoms with E-state index in [4.69, 9.17) is 5.73 Å². The zero-order valence-electron chi connectivity index (χ0n) is 13.2. The van der Waals surface area contributed by atoms with Crippen LogP contribution in [0.15, 0.2) is 46.6 Å². The highest BCUT2D eigenvalue weighted by Crippen LogP contribution is 2.32. The lowest BCUT2D eigenvalue weighted by atomic mass is 10.1. The van der Waals surface area contributed by atoms with Crippen molar-refractivity contribution in [2.24, 2.45) is 0 Å². The number of aromatic nitrogens is 2. The Hall–Kier alpha value is -1.79. The van der Waals surface area contributed by atoms with Crippen molar-refractivity contribution in [2.45, 2.75) is 29.2 Å². The van der Waals surface area contributed by atoms with Gasteiger partial charge in [0, 0.05) is 18.0 Å². The van der Waals surface area contributed by atoms with Gasteiger partial charge in [0.25, 0.3) is 0 Å². The van der Waals surface area contributed by atoms with E-state index < -0.39 is 0 Å². The Morgan fingerprint density at radius 2 is 1.87 bits per heavy atom. The van der Waals surface area contributed by atoms with Gasteiger partial charge in [-0.05, 0) is 38.1 Å². The fourth-order valence-electron chi connectivity index (χ4n) is 2.72. The van der Waals surface area contributed by atoms with Gasteiger partial charge in [0.2, 0.25) is 0 Å². The molecule has 3 N–H and O–H groups in total. The first-order valence-corrected chi connectivity index (χ1v) is 8.94. The maximum Gasteiger partial charge on any atom is 0.153 e. The van der Waals surface area contributed by atoms with Crippen LogP contribution in [0.4, 0.5) is 11.5 Å². The summed E-state index contributed by atoms with van der Waals surface area (Å²) >= 11 is 1.56. The van der Waals surface area contributed by atoms with Crippen LogP contribution in [0.1, 0.15) is 19.3 Å². The van der Waals surface area contributed by atoms with Crippen molar-refractivity contribution in [3.8, 4) is 0 Å². The van der Waals surface area contributed by atoms with E-state index in [2.05, 4.69) is 32.3 Å². The Labute approximate surface area is 141 Å². The quantitative estimate of drug-likeness (QED) is 0.794. The van der Waals surface area contributed by atoms with Crippen molar-refractivity contribution >= 4 is 23.3 Å². The number of nitrogen functional groups attached to an aromatic ring is 1. The monoisotopic (exact) mass is 329 g/mol. The first kappa shape index (κ1) is 16.1. The Morgan fingerprint density at radius 1 is 1.09 bits per heavy atom. The molecule has 1 saturated heterocycles. The minimum absolute atomic E-state index is 0.625. The molecule has 0 spiro atoms. The molecule has 1 aliphatic heterocycles. The summed E-state index contributed by atoms with van der Waals surface area (Å²) in [7, 11) is 0. The molecular weight excluding hydrogens is 306 g/mol. The number of nitrogens with two attached hydrogens (primary N) is 1. The number of piperidine rings is 1. The topological polar surface area (TPSA) is 67.1 Å². The van der Waals surface area contributed by atoms with Crippen LogP contribution in [-0.4, -0.2) is 41.0 Å². The van der Waals surface area contributed by atoms with Gasteiger partial charge in [-0.3, -0.25) is 0 Å². The molecule has 0 bridgehead atoms. The van der Waals surface area contributed by atoms with E-state index in [1.807, 2.05) is 18.2 Å². The summed E-state index contributed by atoms with van der Waals surface area (Å²) in [5.74, 6) is 0.732. The molecule has 1 aliphatic rings. The average Bonchev–Trinajstić information content (AvgIpc) is 2.60. The van der Waals surface area contributed by atoms with Gasteiger partial charge < -0.3 is 16.0 Å². The molecule has 23 heavy (non-hydrogen) atoms. The third kappa shape index (κ3) is 4.59. The summed E-state index contributed by atoms with van der Waals surface area (Å²) in [6.45, 7) is 4.30. The first-order chi connectivity index (χ1) is 11.3. The fourth-order valence-corrected chi connectivity index (χ4v) is 3.54. The highest BCUT2D eigenvalue weighted by molar-refractivity contribution is 7.99. The maximum absolute atomic E-state index is 6.23. The number of likely N-dealkylation sites (tertiary alicyclic amines) is 1. The molecule has 1 aromatic carbocycles. The Kier molecular flexibility index (Phi) is 5.71. The van der Waals surface area contributed by atoms with Gasteiger partial charge in [0.05, 0.1) is 0 Å². The normalized spacial score (nSPS) is 15.5. The largest absolute Gasteiger partial charge is 0.394 e. The highest BCUT2D eigenvalue weighted by atomic mass is 32.2. The second kappa shape index (κ2) is 8.17. The molecular formula is C17H23N5S. The lowest BCUT2D eigenvalue weighted by molar-refractivity contribution is 0.237. The molecule has 0 amide bonds. The summed E-state index contributed by atoms with van der Waals surface area (Å²) in [6.07, 6.45) is 5.56. The molecule has 1 aromatic heterocycles. The van der Waals surface area contributed by atoms with Crippen LogP contribution in [0, 0.1) is 0 Å². The third-order valence-corrected chi connectivity index (χ3v) is 5.00. The van der Waals surface area contributed by atoms with Gasteiger partial charge >= 0.3 is 0 Å². The van der Waals surface area contributed by atoms with Crippen molar-refractivity contribution in [1.29, 1.82) is 0 Å². The van der Waals surface area contributed by atoms with Gasteiger partial charge in [-0.2, -0.15) is 0 Å². The molecule has 0 aliphatic carbocycles. The number of nitrogens with one attached hydrogen (secondary N) is 1. The standard InChI is InChI=1S/C17H23N5S/c18-15-16(19-9-12-22-10-5-2-6-11-22)20-13-21-17(15)23-14-7-3-1-4-8-14/h1,3-4,7-8,13H,2,5-6,9-12,18H2,(H,19,20,21). The summed E-state index contributed by atoms with van der Waals surface area (Å²) < 4.78 is 0. The molecule has 0 atom stereocenters. The van der Waals surface area contributed by atoms with Crippen molar-refractivity contribution in [3.63, 3.8) is 0 Å². The second-order valence-electron chi connectivity index (χ2n) is 5.69. The molecule has 0 radical (unpaired) electrons. The van der Waals surface area contributed by atoms with E-state index in [-0.39, 0.29) is 0 Å². The Morgan fingerprint density at radius 3 is 2.65 bits per heavy atom. The molecule has 2 aromatic rings. The third-order valence-electron chi connectivity index (χ3n) is 3.97. The van der Waals surface area contributed by atoms with Crippen molar-refractivity contribution in [2.75, 3.05) is 37.2 Å². The molecule has 1 fully saturated rings. The van der Waals surface area contributed by atoms with Crippen LogP contribution >= 0.6 is 11.8 Å². The lowest BCUT2D eigenvalue weighted by Gasteiger charge is -2.26. The Bertz CT molecular complexity index is 614. The zero-order valence-corrected chi connectivity index (χ0v) is 14.1. The summed E-state index contributed by atoms with van der Waals surface area (Å²) in [6, 6.07) is 10.1. The Balaban J connectivity index is 1.58. The fraction of sp³-hybridized carbons (Fsp3) is 0.412. The molecule has 0 unspecified atom stereocenters. The van der Waals surface area contributed by atoms with E-state index in [1.165, 1.54) is 32.4 Å². The molecule has 3 rings (SSSR count). The van der Waals surface area contributed by atoms with E-state index >= 15 is 0 Å². The van der Waals surface area contributed by atoms with Gasteiger partial charge in [0.15, 0.2) is 5.82 Å². The molecule has 2 heterocycles. The van der Waals surface area contributed by atoms with Gasteiger partial charge in [0.1, 0.15) is 17.0 Å². The lowest BCUT2D eigenvalue weighted by Crippen LogP contribution is -2.33. The van der Waals surface area contributed by atoms with Crippen LogP contribution in [0.5, 0.6) is 0 Å². The van der Waals surface area contributed by atoms with E-state index in [1.54, 1.807) is 18.1 Å². The predicted octanol–water partition coefficient (Wildman–Crippen LogP) is 3.11. The minimum atomic E-state index is 0.625. The van der Waals surface area contributed by atoms with Crippen LogP contribution in [0.3, 0.4) is 0 Å². The first-order valence-electron chi connectivity index (χ1n) is 8.12. The second-order valence-corrected chi connectivity index (χ2v) is 6.75. The van der Waals surface area contributed by atoms with E-state index in [9.17, 15) is 0 Å². The van der Waals surface area contributed by atoms with Crippen LogP contribution in [0.25, 0.3) is 0 Å². The van der Waals surface area contributed by atoms with Crippen molar-refractivity contribution in [3.05, 3.63) is 36.7 Å². The van der Waals surface area contributed by atoms with Gasteiger partial charge in [-0.25, -0.2) is 9.97 Å². The van der Waals surface area contributed by atoms with Crippen molar-refractivity contribution in [1.82, 2.24) is 14.9 Å². The number of rotatable bonds is 6. The highest BCUT2D eigenvalue weighted by Gasteiger charge is 2.11. The summed E-state index contributed by atoms with van der Waals surface area (Å²) in [5.41, 5.74) is 6.85. The van der Waals surface area contributed by atoms with Crippen LogP contribution in [0.2, 0.25) is 0 Å². The van der Waals surface area contributed by atoms with Gasteiger partial charge in [-0.15, -0.1) is 0 Å². The molecule has 122 valence electrons. The number of hydrogen-bond donors (Lipinski definition) is 2. The predicted molar refractivity (Wildman–Crippen MR) is 95.8 cm³/mol. The molecule has 6 heteroatoms. The van der Waals surface area contributed by atoms with Crippen LogP contribution < -0.4 is 11.1 Å². The van der Waals surface area contributed by atoms with E-state index in [0.29, 0.717) is 5.69 Å². The van der Waals surface area contributed by atoms with Gasteiger partial charge in [-0.1, -0.05) is 36.4 Å².